The van der Waals surface area contributed by atoms with Crippen LogP contribution < -0.4 is 16.3 Å². The molecule has 0 saturated carbocycles. The molecule has 1 heterocycles. The van der Waals surface area contributed by atoms with Crippen molar-refractivity contribution in [2.75, 3.05) is 0 Å². The molecule has 0 aliphatic heterocycles. The molecule has 1 atom stereocenters. The number of aromatic amines is 1. The highest BCUT2D eigenvalue weighted by Crippen LogP contribution is 2.20. The van der Waals surface area contributed by atoms with Gasteiger partial charge in [0.15, 0.2) is 6.04 Å². The minimum absolute atomic E-state index is 0.199. The van der Waals surface area contributed by atoms with E-state index in [-0.39, 0.29) is 5.69 Å². The molecule has 4 aromatic rings. The Labute approximate surface area is 196 Å². The average molecular weight is 504 g/mol. The Morgan fingerprint density at radius 3 is 2.45 bits per heavy atom. The van der Waals surface area contributed by atoms with Crippen molar-refractivity contribution in [2.24, 2.45) is 5.10 Å². The Hall–Kier alpha value is -4.11. The Bertz CT molecular complexity index is 1400. The number of nitrogens with zero attached hydrogens (tertiary/aromatic N) is 2. The lowest BCUT2D eigenvalue weighted by Crippen LogP contribution is -2.40. The molecule has 2 amide bonds. The van der Waals surface area contributed by atoms with Crippen LogP contribution in [0.2, 0.25) is 0 Å². The van der Waals surface area contributed by atoms with Gasteiger partial charge in [-0.1, -0.05) is 64.5 Å². The van der Waals surface area contributed by atoms with Crippen molar-refractivity contribution < 1.29 is 9.59 Å². The molecule has 3 aromatic carbocycles. The number of halogens is 1. The van der Waals surface area contributed by atoms with Crippen LogP contribution in [0.1, 0.15) is 27.7 Å². The van der Waals surface area contributed by atoms with Gasteiger partial charge in [0.1, 0.15) is 5.69 Å². The average Bonchev–Trinajstić information content (AvgIpc) is 2.84. The zero-order valence-electron chi connectivity index (χ0n) is 17.2. The van der Waals surface area contributed by atoms with E-state index in [0.717, 1.165) is 10.0 Å². The number of hydrazone groups is 1. The van der Waals surface area contributed by atoms with Crippen LogP contribution in [0.3, 0.4) is 0 Å². The van der Waals surface area contributed by atoms with Crippen LogP contribution in [0.4, 0.5) is 0 Å². The van der Waals surface area contributed by atoms with E-state index in [1.54, 1.807) is 54.6 Å². The van der Waals surface area contributed by atoms with Crippen LogP contribution in [0.25, 0.3) is 10.8 Å². The number of rotatable bonds is 6. The van der Waals surface area contributed by atoms with Gasteiger partial charge >= 0.3 is 0 Å². The largest absolute Gasteiger partial charge is 0.335 e. The van der Waals surface area contributed by atoms with Gasteiger partial charge in [-0.15, -0.1) is 0 Å². The molecule has 164 valence electrons. The maximum atomic E-state index is 13.1. The Kier molecular flexibility index (Phi) is 6.70. The molecule has 9 heteroatoms. The van der Waals surface area contributed by atoms with E-state index in [4.69, 9.17) is 0 Å². The lowest BCUT2D eigenvalue weighted by molar-refractivity contribution is -0.123. The summed E-state index contributed by atoms with van der Waals surface area (Å²) in [6.45, 7) is 0. The van der Waals surface area contributed by atoms with Crippen LogP contribution in [0.5, 0.6) is 0 Å². The first-order chi connectivity index (χ1) is 16.0. The van der Waals surface area contributed by atoms with Gasteiger partial charge in [-0.2, -0.15) is 10.2 Å². The van der Waals surface area contributed by atoms with Crippen molar-refractivity contribution in [1.82, 2.24) is 20.9 Å². The third-order valence-corrected chi connectivity index (χ3v) is 5.30. The number of carbonyl (C=O) groups excluding carboxylic acids is 2. The summed E-state index contributed by atoms with van der Waals surface area (Å²) in [7, 11) is 0. The zero-order valence-corrected chi connectivity index (χ0v) is 18.7. The number of hydrogen-bond donors (Lipinski definition) is 3. The number of nitrogens with one attached hydrogen (secondary N) is 3. The molecule has 4 rings (SSSR count). The Balaban J connectivity index is 1.67. The van der Waals surface area contributed by atoms with Gasteiger partial charge in [-0.05, 0) is 35.9 Å². The molecule has 33 heavy (non-hydrogen) atoms. The fourth-order valence-corrected chi connectivity index (χ4v) is 3.66. The van der Waals surface area contributed by atoms with Gasteiger partial charge < -0.3 is 5.32 Å². The molecular formula is C24H18BrN5O3. The second-order valence-electron chi connectivity index (χ2n) is 7.05. The second-order valence-corrected chi connectivity index (χ2v) is 7.96. The standard InChI is InChI=1S/C24H18BrN5O3/c25-17-10-6-7-15(13-17)14-26-29-24(33)21(27-22(31)16-8-2-1-3-9-16)20-18-11-4-5-12-19(18)23(32)30-28-20/h1-14,21H,(H,27,31)(H,29,33)(H,30,32)/b26-14+. The first-order valence-corrected chi connectivity index (χ1v) is 10.7. The van der Waals surface area contributed by atoms with Crippen molar-refractivity contribution >= 4 is 44.7 Å². The Morgan fingerprint density at radius 2 is 1.70 bits per heavy atom. The van der Waals surface area contributed by atoms with E-state index in [1.807, 2.05) is 24.3 Å². The van der Waals surface area contributed by atoms with Crippen molar-refractivity contribution in [2.45, 2.75) is 6.04 Å². The molecule has 0 radical (unpaired) electrons. The minimum atomic E-state index is -1.21. The van der Waals surface area contributed by atoms with Gasteiger partial charge in [0.25, 0.3) is 17.4 Å². The van der Waals surface area contributed by atoms with Crippen LogP contribution in [0.15, 0.2) is 93.2 Å². The van der Waals surface area contributed by atoms with Gasteiger partial charge in [0.2, 0.25) is 0 Å². The summed E-state index contributed by atoms with van der Waals surface area (Å²) in [4.78, 5) is 38.1. The normalized spacial score (nSPS) is 11.9. The lowest BCUT2D eigenvalue weighted by Gasteiger charge is -2.18. The van der Waals surface area contributed by atoms with Crippen LogP contribution >= 0.6 is 15.9 Å². The highest BCUT2D eigenvalue weighted by molar-refractivity contribution is 9.10. The summed E-state index contributed by atoms with van der Waals surface area (Å²) >= 11 is 3.38. The molecule has 1 aromatic heterocycles. The van der Waals surface area contributed by atoms with Crippen molar-refractivity contribution in [3.05, 3.63) is 111 Å². The van der Waals surface area contributed by atoms with E-state index < -0.39 is 23.4 Å². The molecule has 0 saturated heterocycles. The van der Waals surface area contributed by atoms with Crippen molar-refractivity contribution in [3.63, 3.8) is 0 Å². The predicted octanol–water partition coefficient (Wildman–Crippen LogP) is 3.31. The maximum Gasteiger partial charge on any atom is 0.272 e. The van der Waals surface area contributed by atoms with Crippen molar-refractivity contribution in [3.8, 4) is 0 Å². The smallest absolute Gasteiger partial charge is 0.272 e. The van der Waals surface area contributed by atoms with E-state index in [2.05, 4.69) is 42.0 Å². The first-order valence-electron chi connectivity index (χ1n) is 9.94. The summed E-state index contributed by atoms with van der Waals surface area (Å²) in [5.74, 6) is -1.08. The molecule has 0 spiro atoms. The predicted molar refractivity (Wildman–Crippen MR) is 129 cm³/mol. The number of fused-ring (bicyclic) bond motifs is 1. The first kappa shape index (κ1) is 22.1. The highest BCUT2D eigenvalue weighted by Gasteiger charge is 2.27. The molecule has 3 N–H and O–H groups in total. The SMILES string of the molecule is O=C(NC(C(=O)N/N=C/c1cccc(Br)c1)c1n[nH]c(=O)c2ccccc12)c1ccccc1. The topological polar surface area (TPSA) is 116 Å². The quantitative estimate of drug-likeness (QED) is 0.276. The fourth-order valence-electron chi connectivity index (χ4n) is 3.24. The number of hydrogen-bond acceptors (Lipinski definition) is 5. The van der Waals surface area contributed by atoms with E-state index >= 15 is 0 Å². The monoisotopic (exact) mass is 503 g/mol. The summed E-state index contributed by atoms with van der Waals surface area (Å²) in [6.07, 6.45) is 1.48. The summed E-state index contributed by atoms with van der Waals surface area (Å²) in [5, 5.41) is 14.0. The molecule has 0 aliphatic rings. The minimum Gasteiger partial charge on any atom is -0.335 e. The van der Waals surface area contributed by atoms with Crippen LogP contribution in [0, 0.1) is 0 Å². The lowest BCUT2D eigenvalue weighted by atomic mass is 10.0. The number of H-pyrrole nitrogens is 1. The van der Waals surface area contributed by atoms with Gasteiger partial charge in [-0.3, -0.25) is 14.4 Å². The molecular weight excluding hydrogens is 486 g/mol. The van der Waals surface area contributed by atoms with Crippen molar-refractivity contribution in [1.29, 1.82) is 0 Å². The Morgan fingerprint density at radius 1 is 0.970 bits per heavy atom. The maximum absolute atomic E-state index is 13.1. The number of benzene rings is 3. The highest BCUT2D eigenvalue weighted by atomic mass is 79.9. The molecule has 0 aliphatic carbocycles. The third kappa shape index (κ3) is 5.21. The second kappa shape index (κ2) is 10.0. The number of amides is 2. The number of aromatic nitrogens is 2. The molecule has 8 nitrogen and oxygen atoms in total. The fraction of sp³-hybridized carbons (Fsp3) is 0.0417. The summed E-state index contributed by atoms with van der Waals surface area (Å²) < 4.78 is 0.870. The zero-order chi connectivity index (χ0) is 23.2. The number of carbonyl (C=O) groups is 2. The van der Waals surface area contributed by atoms with Gasteiger partial charge in [0.05, 0.1) is 11.6 Å². The van der Waals surface area contributed by atoms with Gasteiger partial charge in [-0.25, -0.2) is 10.5 Å². The van der Waals surface area contributed by atoms with Crippen LogP contribution in [-0.4, -0.2) is 28.2 Å². The van der Waals surface area contributed by atoms with E-state index in [1.165, 1.54) is 6.21 Å². The van der Waals surface area contributed by atoms with E-state index in [0.29, 0.717) is 16.3 Å². The van der Waals surface area contributed by atoms with Crippen LogP contribution in [-0.2, 0) is 4.79 Å². The molecule has 0 fully saturated rings. The third-order valence-electron chi connectivity index (χ3n) is 4.81. The summed E-state index contributed by atoms with van der Waals surface area (Å²) in [5.41, 5.74) is 3.40. The van der Waals surface area contributed by atoms with E-state index in [9.17, 15) is 14.4 Å². The van der Waals surface area contributed by atoms with Gasteiger partial charge in [0, 0.05) is 15.4 Å². The summed E-state index contributed by atoms with van der Waals surface area (Å²) in [6, 6.07) is 21.4. The molecule has 0 bridgehead atoms. The molecule has 1 unspecified atom stereocenters.